The van der Waals surface area contributed by atoms with Gasteiger partial charge in [0.25, 0.3) is 5.91 Å². The van der Waals surface area contributed by atoms with Crippen LogP contribution in [0.1, 0.15) is 36.4 Å². The molecule has 7 heteroatoms. The molecule has 2 aliphatic rings. The number of halogens is 2. The summed E-state index contributed by atoms with van der Waals surface area (Å²) in [4.78, 5) is 13.6. The van der Waals surface area contributed by atoms with Gasteiger partial charge in [0.15, 0.2) is 6.61 Å². The molecule has 1 aliphatic heterocycles. The zero-order chi connectivity index (χ0) is 28.2. The number of amides is 1. The third-order valence-corrected chi connectivity index (χ3v) is 7.85. The number of rotatable bonds is 7. The van der Waals surface area contributed by atoms with Crippen molar-refractivity contribution in [1.82, 2.24) is 5.01 Å². The second-order valence-electron chi connectivity index (χ2n) is 10.1. The second kappa shape index (κ2) is 12.2. The molecule has 0 unspecified atom stereocenters. The van der Waals surface area contributed by atoms with Crippen molar-refractivity contribution >= 4 is 40.9 Å². The van der Waals surface area contributed by atoms with Gasteiger partial charge in [0.2, 0.25) is 0 Å². The third-order valence-electron chi connectivity index (χ3n) is 7.34. The molecule has 206 valence electrons. The molecule has 2 atom stereocenters. The molecule has 41 heavy (non-hydrogen) atoms. The smallest absolute Gasteiger partial charge is 0.281 e. The summed E-state index contributed by atoms with van der Waals surface area (Å²) in [5.41, 5.74) is 4.17. The van der Waals surface area contributed by atoms with E-state index in [2.05, 4.69) is 6.08 Å². The maximum absolute atomic E-state index is 13.6. The SMILES string of the molecule is O=C(COc1ccc(Oc2ccccc2)cc1)N1N=C2/C(=C\c3ccc(Cl)cc3)CCC[C@@H]2[C@@H]1c1ccc(Cl)cc1. The van der Waals surface area contributed by atoms with E-state index < -0.39 is 0 Å². The maximum atomic E-state index is 13.6. The number of fused-ring (bicyclic) bond motifs is 1. The molecule has 6 rings (SSSR count). The van der Waals surface area contributed by atoms with E-state index in [9.17, 15) is 4.79 Å². The zero-order valence-electron chi connectivity index (χ0n) is 22.3. The highest BCUT2D eigenvalue weighted by Gasteiger charge is 2.43. The summed E-state index contributed by atoms with van der Waals surface area (Å²) in [7, 11) is 0. The Morgan fingerprint density at radius 2 is 1.46 bits per heavy atom. The Labute approximate surface area is 249 Å². The monoisotopic (exact) mass is 582 g/mol. The first kappa shape index (κ1) is 27.1. The molecular formula is C34H28Cl2N2O3. The van der Waals surface area contributed by atoms with Gasteiger partial charge in [0, 0.05) is 16.0 Å². The van der Waals surface area contributed by atoms with Crippen LogP contribution in [0, 0.1) is 5.92 Å². The molecule has 0 aromatic heterocycles. The van der Waals surface area contributed by atoms with Crippen molar-refractivity contribution in [2.45, 2.75) is 25.3 Å². The number of carbonyl (C=O) groups excluding carboxylic acids is 1. The Bertz CT molecular complexity index is 1570. The van der Waals surface area contributed by atoms with Gasteiger partial charge >= 0.3 is 0 Å². The maximum Gasteiger partial charge on any atom is 0.281 e. The van der Waals surface area contributed by atoms with Gasteiger partial charge in [0.05, 0.1) is 11.8 Å². The Balaban J connectivity index is 1.22. The van der Waals surface area contributed by atoms with Gasteiger partial charge in [-0.15, -0.1) is 0 Å². The largest absolute Gasteiger partial charge is 0.484 e. The second-order valence-corrected chi connectivity index (χ2v) is 11.0. The number of hydrogen-bond acceptors (Lipinski definition) is 4. The van der Waals surface area contributed by atoms with E-state index in [1.165, 1.54) is 0 Å². The van der Waals surface area contributed by atoms with E-state index >= 15 is 0 Å². The summed E-state index contributed by atoms with van der Waals surface area (Å²) < 4.78 is 11.8. The number of para-hydroxylation sites is 1. The van der Waals surface area contributed by atoms with E-state index in [1.807, 2.05) is 91.0 Å². The molecule has 1 amide bonds. The van der Waals surface area contributed by atoms with E-state index in [1.54, 1.807) is 17.1 Å². The van der Waals surface area contributed by atoms with Crippen LogP contribution in [-0.2, 0) is 4.79 Å². The van der Waals surface area contributed by atoms with E-state index in [-0.39, 0.29) is 24.5 Å². The highest BCUT2D eigenvalue weighted by molar-refractivity contribution is 6.30. The van der Waals surface area contributed by atoms with Crippen LogP contribution >= 0.6 is 23.2 Å². The predicted octanol–water partition coefficient (Wildman–Crippen LogP) is 8.99. The Morgan fingerprint density at radius 1 is 0.829 bits per heavy atom. The fourth-order valence-corrected chi connectivity index (χ4v) is 5.65. The summed E-state index contributed by atoms with van der Waals surface area (Å²) in [6, 6.07) is 32.0. The number of ether oxygens (including phenoxy) is 2. The van der Waals surface area contributed by atoms with Crippen molar-refractivity contribution in [3.05, 3.63) is 130 Å². The summed E-state index contributed by atoms with van der Waals surface area (Å²) in [6.07, 6.45) is 5.02. The molecule has 1 aliphatic carbocycles. The molecular weight excluding hydrogens is 555 g/mol. The molecule has 4 aromatic rings. The minimum atomic E-state index is -0.228. The third kappa shape index (κ3) is 6.32. The number of hydrogen-bond donors (Lipinski definition) is 0. The summed E-state index contributed by atoms with van der Waals surface area (Å²) in [5, 5.41) is 7.89. The van der Waals surface area contributed by atoms with Gasteiger partial charge in [-0.1, -0.05) is 65.7 Å². The lowest BCUT2D eigenvalue weighted by Crippen LogP contribution is -2.34. The number of carbonyl (C=O) groups is 1. The van der Waals surface area contributed by atoms with Crippen LogP contribution in [0.5, 0.6) is 17.2 Å². The Kier molecular flexibility index (Phi) is 8.08. The van der Waals surface area contributed by atoms with Crippen LogP contribution in [0.25, 0.3) is 6.08 Å². The lowest BCUT2D eigenvalue weighted by Gasteiger charge is -2.29. The van der Waals surface area contributed by atoms with Crippen LogP contribution in [0.3, 0.4) is 0 Å². The lowest BCUT2D eigenvalue weighted by molar-refractivity contribution is -0.135. The fourth-order valence-electron chi connectivity index (χ4n) is 5.40. The molecule has 0 N–H and O–H groups in total. The van der Waals surface area contributed by atoms with Crippen LogP contribution < -0.4 is 9.47 Å². The molecule has 5 nitrogen and oxygen atoms in total. The number of benzene rings is 4. The topological polar surface area (TPSA) is 51.1 Å². The van der Waals surface area contributed by atoms with Crippen LogP contribution in [0.15, 0.2) is 114 Å². The summed E-state index contributed by atoms with van der Waals surface area (Å²) >= 11 is 12.3. The molecule has 1 saturated carbocycles. The standard InChI is InChI=1S/C34H28Cl2N2O3/c35-26-13-9-23(10-14-26)21-25-5-4-8-31-33(25)37-38(34(31)24-11-15-27(36)16-12-24)32(39)22-40-28-17-19-30(20-18-28)41-29-6-2-1-3-7-29/h1-3,6-7,9-21,31,34H,4-5,8,22H2/b25-21-/t31-,34-/m0/s1. The molecule has 0 bridgehead atoms. The average molecular weight is 584 g/mol. The molecule has 4 aromatic carbocycles. The highest BCUT2D eigenvalue weighted by atomic mass is 35.5. The molecule has 1 fully saturated rings. The Hall–Kier alpha value is -4.06. The van der Waals surface area contributed by atoms with Gasteiger partial charge < -0.3 is 9.47 Å². The highest BCUT2D eigenvalue weighted by Crippen LogP contribution is 2.44. The predicted molar refractivity (Wildman–Crippen MR) is 164 cm³/mol. The van der Waals surface area contributed by atoms with Crippen molar-refractivity contribution in [2.75, 3.05) is 6.61 Å². The van der Waals surface area contributed by atoms with Gasteiger partial charge in [-0.05, 0) is 103 Å². The lowest BCUT2D eigenvalue weighted by atomic mass is 9.77. The molecule has 0 saturated heterocycles. The van der Waals surface area contributed by atoms with Crippen molar-refractivity contribution in [2.24, 2.45) is 11.0 Å². The van der Waals surface area contributed by atoms with Crippen molar-refractivity contribution in [3.63, 3.8) is 0 Å². The molecule has 0 radical (unpaired) electrons. The minimum Gasteiger partial charge on any atom is -0.484 e. The first-order valence-electron chi connectivity index (χ1n) is 13.6. The Morgan fingerprint density at radius 3 is 2.17 bits per heavy atom. The molecule has 0 spiro atoms. The van der Waals surface area contributed by atoms with E-state index in [4.69, 9.17) is 37.8 Å². The summed E-state index contributed by atoms with van der Waals surface area (Å²) in [6.45, 7) is -0.136. The number of allylic oxidation sites excluding steroid dienone is 1. The van der Waals surface area contributed by atoms with Crippen LogP contribution in [0.4, 0.5) is 0 Å². The van der Waals surface area contributed by atoms with Crippen LogP contribution in [-0.4, -0.2) is 23.2 Å². The van der Waals surface area contributed by atoms with Gasteiger partial charge in [0.1, 0.15) is 17.2 Å². The zero-order valence-corrected chi connectivity index (χ0v) is 23.8. The van der Waals surface area contributed by atoms with Gasteiger partial charge in [-0.25, -0.2) is 5.01 Å². The average Bonchev–Trinajstić information content (AvgIpc) is 3.40. The molecule has 1 heterocycles. The number of nitrogens with zero attached hydrogens (tertiary/aromatic N) is 2. The van der Waals surface area contributed by atoms with Crippen molar-refractivity contribution in [3.8, 4) is 17.2 Å². The van der Waals surface area contributed by atoms with E-state index in [0.717, 1.165) is 47.4 Å². The minimum absolute atomic E-state index is 0.0850. The van der Waals surface area contributed by atoms with Gasteiger partial charge in [-0.3, -0.25) is 4.79 Å². The van der Waals surface area contributed by atoms with Crippen LogP contribution in [0.2, 0.25) is 10.0 Å². The van der Waals surface area contributed by atoms with E-state index in [0.29, 0.717) is 21.5 Å². The van der Waals surface area contributed by atoms with Gasteiger partial charge in [-0.2, -0.15) is 5.10 Å². The quantitative estimate of drug-likeness (QED) is 0.218. The van der Waals surface area contributed by atoms with Crippen molar-refractivity contribution < 1.29 is 14.3 Å². The normalized spacial score (nSPS) is 19.0. The number of hydrazone groups is 1. The first-order valence-corrected chi connectivity index (χ1v) is 14.4. The summed E-state index contributed by atoms with van der Waals surface area (Å²) in [5.74, 6) is 1.90. The van der Waals surface area contributed by atoms with Crippen molar-refractivity contribution in [1.29, 1.82) is 0 Å². The fraction of sp³-hybridized carbons (Fsp3) is 0.176. The first-order chi connectivity index (χ1) is 20.0.